The van der Waals surface area contributed by atoms with Gasteiger partial charge in [-0.3, -0.25) is 0 Å². The van der Waals surface area contributed by atoms with Gasteiger partial charge in [0.05, 0.1) is 0 Å². The maximum atomic E-state index is 3.37. The summed E-state index contributed by atoms with van der Waals surface area (Å²) in [6, 6.07) is 0. The van der Waals surface area contributed by atoms with E-state index in [1.54, 1.807) is 0 Å². The van der Waals surface area contributed by atoms with Crippen LogP contribution >= 0.6 is 0 Å². The molecule has 73 valence electrons. The predicted octanol–water partition coefficient (Wildman–Crippen LogP) is 4.43. The molecule has 0 unspecified atom stereocenters. The molecule has 1 aliphatic carbocycles. The Morgan fingerprint density at radius 3 is 2.38 bits per heavy atom. The topological polar surface area (TPSA) is 0 Å². The van der Waals surface area contributed by atoms with Crippen molar-refractivity contribution in [3.8, 4) is 0 Å². The number of hydrogen-bond acceptors (Lipinski definition) is 0. The minimum Gasteiger partial charge on any atom is -0.0885 e. The van der Waals surface area contributed by atoms with Crippen LogP contribution in [0.2, 0.25) is 0 Å². The van der Waals surface area contributed by atoms with Crippen LogP contribution in [-0.2, 0) is 0 Å². The molecular weight excluding hydrogens is 156 g/mol. The van der Waals surface area contributed by atoms with E-state index in [0.717, 1.165) is 0 Å². The lowest BCUT2D eigenvalue weighted by Crippen LogP contribution is -1.76. The largest absolute Gasteiger partial charge is 0.0885 e. The lowest BCUT2D eigenvalue weighted by Gasteiger charge is -1.95. The number of hydrogen-bond donors (Lipinski definition) is 0. The summed E-state index contributed by atoms with van der Waals surface area (Å²) in [7, 11) is 0. The van der Waals surface area contributed by atoms with Gasteiger partial charge in [0.2, 0.25) is 0 Å². The van der Waals surface area contributed by atoms with Crippen LogP contribution in [0.4, 0.5) is 0 Å². The van der Waals surface area contributed by atoms with Gasteiger partial charge in [0, 0.05) is 0 Å². The monoisotopic (exact) mass is 177 g/mol. The molecule has 0 aliphatic heterocycles. The van der Waals surface area contributed by atoms with Crippen molar-refractivity contribution in [2.24, 2.45) is 0 Å². The molecule has 0 aromatic rings. The molecule has 0 aromatic carbocycles. The van der Waals surface area contributed by atoms with E-state index in [9.17, 15) is 0 Å². The molecular formula is C13H21. The molecule has 0 heteroatoms. The molecule has 0 saturated carbocycles. The van der Waals surface area contributed by atoms with Crippen LogP contribution in [-0.4, -0.2) is 0 Å². The Labute approximate surface area is 82.7 Å². The first-order valence-corrected chi connectivity index (χ1v) is 5.70. The van der Waals surface area contributed by atoms with Gasteiger partial charge in [-0.1, -0.05) is 31.1 Å². The van der Waals surface area contributed by atoms with Crippen LogP contribution < -0.4 is 0 Å². The molecule has 0 amide bonds. The van der Waals surface area contributed by atoms with Gasteiger partial charge >= 0.3 is 0 Å². The minimum atomic E-state index is 1.17. The lowest BCUT2D eigenvalue weighted by atomic mass is 10.1. The van der Waals surface area contributed by atoms with E-state index in [0.29, 0.717) is 0 Å². The third kappa shape index (κ3) is 6.62. The van der Waals surface area contributed by atoms with E-state index in [4.69, 9.17) is 0 Å². The summed E-state index contributed by atoms with van der Waals surface area (Å²) in [5.74, 6) is 0. The van der Waals surface area contributed by atoms with Crippen molar-refractivity contribution in [2.45, 2.75) is 57.8 Å². The summed E-state index contributed by atoms with van der Waals surface area (Å²) in [5, 5.41) is 0. The second kappa shape index (κ2) is 8.10. The van der Waals surface area contributed by atoms with E-state index < -0.39 is 0 Å². The van der Waals surface area contributed by atoms with Crippen molar-refractivity contribution in [1.29, 1.82) is 0 Å². The van der Waals surface area contributed by atoms with E-state index in [-0.39, 0.29) is 0 Å². The second-order valence-corrected chi connectivity index (χ2v) is 3.76. The Balaban J connectivity index is 2.18. The van der Waals surface area contributed by atoms with Crippen LogP contribution in [0.3, 0.4) is 0 Å². The average Bonchev–Trinajstić information content (AvgIpc) is 2.18. The fourth-order valence-electron chi connectivity index (χ4n) is 1.62. The minimum absolute atomic E-state index is 1.17. The smallest absolute Gasteiger partial charge is 0.0279 e. The molecule has 0 N–H and O–H groups in total. The van der Waals surface area contributed by atoms with Crippen molar-refractivity contribution < 1.29 is 0 Å². The van der Waals surface area contributed by atoms with Crippen molar-refractivity contribution in [3.05, 3.63) is 24.3 Å². The van der Waals surface area contributed by atoms with Crippen molar-refractivity contribution >= 4 is 0 Å². The highest BCUT2D eigenvalue weighted by atomic mass is 14.0. The van der Waals surface area contributed by atoms with Crippen LogP contribution in [0.25, 0.3) is 0 Å². The van der Waals surface area contributed by atoms with Crippen molar-refractivity contribution in [3.63, 3.8) is 0 Å². The van der Waals surface area contributed by atoms with Gasteiger partial charge in [-0.25, -0.2) is 0 Å². The van der Waals surface area contributed by atoms with Gasteiger partial charge in [0.25, 0.3) is 0 Å². The van der Waals surface area contributed by atoms with Gasteiger partial charge in [-0.05, 0) is 51.0 Å². The van der Waals surface area contributed by atoms with Gasteiger partial charge in [-0.15, -0.1) is 0 Å². The second-order valence-electron chi connectivity index (χ2n) is 3.76. The predicted molar refractivity (Wildman–Crippen MR) is 58.5 cm³/mol. The zero-order chi connectivity index (χ0) is 9.19. The SMILES string of the molecule is [C]1=CCCCC=CCCCCCC1. The zero-order valence-electron chi connectivity index (χ0n) is 8.60. The molecule has 0 heterocycles. The van der Waals surface area contributed by atoms with Crippen molar-refractivity contribution in [1.82, 2.24) is 0 Å². The molecule has 0 spiro atoms. The third-order valence-corrected chi connectivity index (χ3v) is 2.47. The summed E-state index contributed by atoms with van der Waals surface area (Å²) in [6.45, 7) is 0. The highest BCUT2D eigenvalue weighted by Gasteiger charge is 1.89. The molecule has 1 aliphatic rings. The van der Waals surface area contributed by atoms with E-state index in [1.165, 1.54) is 57.8 Å². The Hall–Kier alpha value is -0.520. The summed E-state index contributed by atoms with van der Waals surface area (Å²) < 4.78 is 0. The van der Waals surface area contributed by atoms with E-state index >= 15 is 0 Å². The number of allylic oxidation sites excluding steroid dienone is 4. The Bertz CT molecular complexity index is 135. The lowest BCUT2D eigenvalue weighted by molar-refractivity contribution is 0.648. The number of rotatable bonds is 0. The fourth-order valence-corrected chi connectivity index (χ4v) is 1.62. The fraction of sp³-hybridized carbons (Fsp3) is 0.692. The molecule has 1 rings (SSSR count). The first kappa shape index (κ1) is 10.6. The van der Waals surface area contributed by atoms with Gasteiger partial charge in [0.1, 0.15) is 0 Å². The summed E-state index contributed by atoms with van der Waals surface area (Å²) in [4.78, 5) is 0. The summed E-state index contributed by atoms with van der Waals surface area (Å²) in [6.07, 6.45) is 22.0. The molecule has 0 fully saturated rings. The Kier molecular flexibility index (Phi) is 6.58. The van der Waals surface area contributed by atoms with Gasteiger partial charge in [-0.2, -0.15) is 0 Å². The maximum Gasteiger partial charge on any atom is -0.0279 e. The molecule has 0 nitrogen and oxygen atoms in total. The molecule has 0 bridgehead atoms. The van der Waals surface area contributed by atoms with Crippen LogP contribution in [0.1, 0.15) is 57.8 Å². The first-order valence-electron chi connectivity index (χ1n) is 5.70. The van der Waals surface area contributed by atoms with Crippen LogP contribution in [0.15, 0.2) is 18.2 Å². The molecule has 0 atom stereocenters. The van der Waals surface area contributed by atoms with Crippen LogP contribution in [0, 0.1) is 6.08 Å². The summed E-state index contributed by atoms with van der Waals surface area (Å²) in [5.41, 5.74) is 0. The van der Waals surface area contributed by atoms with Crippen LogP contribution in [0.5, 0.6) is 0 Å². The quantitative estimate of drug-likeness (QED) is 0.480. The average molecular weight is 177 g/mol. The van der Waals surface area contributed by atoms with Gasteiger partial charge < -0.3 is 0 Å². The summed E-state index contributed by atoms with van der Waals surface area (Å²) >= 11 is 0. The Morgan fingerprint density at radius 2 is 1.46 bits per heavy atom. The maximum absolute atomic E-state index is 3.37. The zero-order valence-corrected chi connectivity index (χ0v) is 8.60. The molecule has 13 heavy (non-hydrogen) atoms. The van der Waals surface area contributed by atoms with Crippen molar-refractivity contribution in [2.75, 3.05) is 0 Å². The standard InChI is InChI=1S/C13H21/c1-2-4-6-8-10-12-13-11-9-7-5-3-1/h1-2,9H,3-8,10,12-13H2. The highest BCUT2D eigenvalue weighted by Crippen LogP contribution is 2.08. The van der Waals surface area contributed by atoms with E-state index in [1.807, 2.05) is 0 Å². The highest BCUT2D eigenvalue weighted by molar-refractivity contribution is 4.83. The first-order chi connectivity index (χ1) is 6.50. The van der Waals surface area contributed by atoms with E-state index in [2.05, 4.69) is 24.3 Å². The third-order valence-electron chi connectivity index (χ3n) is 2.47. The van der Waals surface area contributed by atoms with Gasteiger partial charge in [0.15, 0.2) is 0 Å². The molecule has 1 radical (unpaired) electrons. The normalized spacial score (nSPS) is 21.5. The molecule has 0 aromatic heterocycles. The Morgan fingerprint density at radius 1 is 0.692 bits per heavy atom. The molecule has 0 saturated heterocycles.